The van der Waals surface area contributed by atoms with Gasteiger partial charge in [-0.2, -0.15) is 0 Å². The van der Waals surface area contributed by atoms with Gasteiger partial charge in [0.1, 0.15) is 0 Å². The normalized spacial score (nSPS) is 11.6. The van der Waals surface area contributed by atoms with Gasteiger partial charge in [0.05, 0.1) is 30.4 Å². The van der Waals surface area contributed by atoms with E-state index in [4.69, 9.17) is 4.74 Å². The van der Waals surface area contributed by atoms with Crippen molar-refractivity contribution in [3.05, 3.63) is 88.1 Å². The van der Waals surface area contributed by atoms with Crippen LogP contribution in [0.5, 0.6) is 0 Å². The lowest BCUT2D eigenvalue weighted by Crippen LogP contribution is -2.32. The highest BCUT2D eigenvalue weighted by molar-refractivity contribution is 7.10. The lowest BCUT2D eigenvalue weighted by Gasteiger charge is -2.18. The number of hydrogen-bond acceptors (Lipinski definition) is 5. The van der Waals surface area contributed by atoms with Crippen LogP contribution < -0.4 is 10.6 Å². The van der Waals surface area contributed by atoms with Crippen molar-refractivity contribution in [1.29, 1.82) is 0 Å². The summed E-state index contributed by atoms with van der Waals surface area (Å²) in [5, 5.41) is 8.13. The molecule has 0 radical (unpaired) electrons. The van der Waals surface area contributed by atoms with Crippen molar-refractivity contribution in [2.75, 3.05) is 18.5 Å². The Hall–Kier alpha value is -2.96. The lowest BCUT2D eigenvalue weighted by molar-refractivity contribution is -0.115. The number of rotatable bonds is 8. The summed E-state index contributed by atoms with van der Waals surface area (Å²) in [5.74, 6) is -0.679. The molecule has 0 saturated carbocycles. The minimum atomic E-state index is -0.452. The Morgan fingerprint density at radius 3 is 2.46 bits per heavy atom. The van der Waals surface area contributed by atoms with Gasteiger partial charge in [0.15, 0.2) is 0 Å². The van der Waals surface area contributed by atoms with E-state index in [1.807, 2.05) is 47.8 Å². The Labute approximate surface area is 168 Å². The molecule has 144 valence electrons. The molecular weight excluding hydrogens is 372 g/mol. The standard InChI is InChI=1S/C22H22N2O3S/c1-2-27-22(26)17-11-6-7-12-18(17)24-20(25)15-23-21(19-13-8-14-28-19)16-9-4-3-5-10-16/h3-14,21,23H,2,15H2,1H3,(H,24,25)/t21-/m1/s1. The highest BCUT2D eigenvalue weighted by atomic mass is 32.1. The number of carbonyl (C=O) groups is 2. The number of esters is 1. The van der Waals surface area contributed by atoms with E-state index in [-0.39, 0.29) is 25.1 Å². The van der Waals surface area contributed by atoms with Crippen LogP contribution in [0.4, 0.5) is 5.69 Å². The van der Waals surface area contributed by atoms with Crippen LogP contribution in [0, 0.1) is 0 Å². The fourth-order valence-electron chi connectivity index (χ4n) is 2.85. The molecule has 3 aromatic rings. The average Bonchev–Trinajstić information content (AvgIpc) is 3.24. The molecule has 0 bridgehead atoms. The van der Waals surface area contributed by atoms with Crippen molar-refractivity contribution < 1.29 is 14.3 Å². The third-order valence-electron chi connectivity index (χ3n) is 4.12. The van der Waals surface area contributed by atoms with E-state index in [2.05, 4.69) is 10.6 Å². The van der Waals surface area contributed by atoms with Crippen LogP contribution in [-0.4, -0.2) is 25.0 Å². The van der Waals surface area contributed by atoms with Crippen LogP contribution in [-0.2, 0) is 9.53 Å². The van der Waals surface area contributed by atoms with Gasteiger partial charge >= 0.3 is 5.97 Å². The number of carbonyl (C=O) groups excluding carboxylic acids is 2. The molecule has 28 heavy (non-hydrogen) atoms. The molecule has 5 nitrogen and oxygen atoms in total. The fourth-order valence-corrected chi connectivity index (χ4v) is 3.68. The molecule has 6 heteroatoms. The quantitative estimate of drug-likeness (QED) is 0.561. The lowest BCUT2D eigenvalue weighted by atomic mass is 10.1. The molecule has 3 rings (SSSR count). The van der Waals surface area contributed by atoms with Crippen molar-refractivity contribution in [2.24, 2.45) is 0 Å². The maximum absolute atomic E-state index is 12.5. The monoisotopic (exact) mass is 394 g/mol. The van der Waals surface area contributed by atoms with E-state index >= 15 is 0 Å². The number of thiophene rings is 1. The van der Waals surface area contributed by atoms with E-state index < -0.39 is 5.97 Å². The molecule has 2 N–H and O–H groups in total. The highest BCUT2D eigenvalue weighted by Gasteiger charge is 2.17. The van der Waals surface area contributed by atoms with Gasteiger partial charge < -0.3 is 10.1 Å². The number of benzene rings is 2. The molecule has 1 aromatic heterocycles. The van der Waals surface area contributed by atoms with Gasteiger partial charge in [0.2, 0.25) is 5.91 Å². The maximum Gasteiger partial charge on any atom is 0.340 e. The summed E-state index contributed by atoms with van der Waals surface area (Å²) in [7, 11) is 0. The number of hydrogen-bond donors (Lipinski definition) is 2. The first-order valence-electron chi connectivity index (χ1n) is 9.06. The van der Waals surface area contributed by atoms with E-state index in [9.17, 15) is 9.59 Å². The second-order valence-electron chi connectivity index (χ2n) is 6.05. The third kappa shape index (κ3) is 5.06. The predicted molar refractivity (Wildman–Crippen MR) is 112 cm³/mol. The van der Waals surface area contributed by atoms with E-state index in [1.165, 1.54) is 0 Å². The first-order chi connectivity index (χ1) is 13.7. The minimum Gasteiger partial charge on any atom is -0.462 e. The number of nitrogens with one attached hydrogen (secondary N) is 2. The fraction of sp³-hybridized carbons (Fsp3) is 0.182. The molecule has 1 atom stereocenters. The van der Waals surface area contributed by atoms with Crippen molar-refractivity contribution in [2.45, 2.75) is 13.0 Å². The number of amides is 1. The summed E-state index contributed by atoms with van der Waals surface area (Å²) in [5.41, 5.74) is 1.88. The van der Waals surface area contributed by atoms with Gasteiger partial charge in [-0.25, -0.2) is 4.79 Å². The molecule has 0 aliphatic rings. The van der Waals surface area contributed by atoms with E-state index in [0.29, 0.717) is 11.3 Å². The summed E-state index contributed by atoms with van der Waals surface area (Å²) < 4.78 is 5.05. The molecule has 2 aromatic carbocycles. The molecule has 0 fully saturated rings. The molecule has 1 amide bonds. The molecule has 1 heterocycles. The minimum absolute atomic E-state index is 0.0766. The van der Waals surface area contributed by atoms with Crippen LogP contribution in [0.15, 0.2) is 72.1 Å². The van der Waals surface area contributed by atoms with Crippen LogP contribution >= 0.6 is 11.3 Å². The van der Waals surface area contributed by atoms with E-state index in [1.54, 1.807) is 42.5 Å². The van der Waals surface area contributed by atoms with Gasteiger partial charge in [-0.05, 0) is 36.1 Å². The Morgan fingerprint density at radius 2 is 1.75 bits per heavy atom. The van der Waals surface area contributed by atoms with Crippen LogP contribution in [0.2, 0.25) is 0 Å². The molecule has 0 spiro atoms. The van der Waals surface area contributed by atoms with Crippen LogP contribution in [0.3, 0.4) is 0 Å². The van der Waals surface area contributed by atoms with Gasteiger partial charge in [-0.1, -0.05) is 48.5 Å². The molecular formula is C22H22N2O3S. The van der Waals surface area contributed by atoms with Gasteiger partial charge in [-0.15, -0.1) is 11.3 Å². The predicted octanol–water partition coefficient (Wildman–Crippen LogP) is 4.24. The summed E-state index contributed by atoms with van der Waals surface area (Å²) in [6.07, 6.45) is 0. The summed E-state index contributed by atoms with van der Waals surface area (Å²) in [6, 6.07) is 20.8. The zero-order valence-corrected chi connectivity index (χ0v) is 16.4. The Balaban J connectivity index is 1.69. The largest absolute Gasteiger partial charge is 0.462 e. The van der Waals surface area contributed by atoms with Gasteiger partial charge in [-0.3, -0.25) is 10.1 Å². The summed E-state index contributed by atoms with van der Waals surface area (Å²) in [6.45, 7) is 2.13. The van der Waals surface area contributed by atoms with Crippen molar-refractivity contribution in [3.63, 3.8) is 0 Å². The second-order valence-corrected chi connectivity index (χ2v) is 7.03. The zero-order valence-electron chi connectivity index (χ0n) is 15.6. The van der Waals surface area contributed by atoms with Crippen molar-refractivity contribution >= 4 is 28.9 Å². The number of ether oxygens (including phenoxy) is 1. The Morgan fingerprint density at radius 1 is 1.00 bits per heavy atom. The van der Waals surface area contributed by atoms with Crippen LogP contribution in [0.1, 0.15) is 33.8 Å². The van der Waals surface area contributed by atoms with Crippen LogP contribution in [0.25, 0.3) is 0 Å². The SMILES string of the molecule is CCOC(=O)c1ccccc1NC(=O)CN[C@H](c1ccccc1)c1cccs1. The summed E-state index contributed by atoms with van der Waals surface area (Å²) >= 11 is 1.64. The van der Waals surface area contributed by atoms with Gasteiger partial charge in [0, 0.05) is 4.88 Å². The smallest absolute Gasteiger partial charge is 0.340 e. The number of para-hydroxylation sites is 1. The first kappa shape index (κ1) is 19.8. The average molecular weight is 394 g/mol. The third-order valence-corrected chi connectivity index (χ3v) is 5.06. The molecule has 0 aliphatic carbocycles. The first-order valence-corrected chi connectivity index (χ1v) is 9.94. The van der Waals surface area contributed by atoms with E-state index in [0.717, 1.165) is 10.4 Å². The number of anilines is 1. The Kier molecular flexibility index (Phi) is 6.94. The highest BCUT2D eigenvalue weighted by Crippen LogP contribution is 2.25. The zero-order chi connectivity index (χ0) is 19.8. The van der Waals surface area contributed by atoms with Gasteiger partial charge in [0.25, 0.3) is 0 Å². The Bertz CT molecular complexity index is 911. The molecule has 0 aliphatic heterocycles. The molecule has 0 unspecified atom stereocenters. The maximum atomic E-state index is 12.5. The van der Waals surface area contributed by atoms with Crippen molar-refractivity contribution in [3.8, 4) is 0 Å². The molecule has 0 saturated heterocycles. The van der Waals surface area contributed by atoms with Crippen molar-refractivity contribution in [1.82, 2.24) is 5.32 Å². The topological polar surface area (TPSA) is 67.4 Å². The summed E-state index contributed by atoms with van der Waals surface area (Å²) in [4.78, 5) is 25.7. The second kappa shape index (κ2) is 9.82.